The fraction of sp³-hybridized carbons (Fsp3) is 0.318. The van der Waals surface area contributed by atoms with Gasteiger partial charge in [-0.1, -0.05) is 29.8 Å². The summed E-state index contributed by atoms with van der Waals surface area (Å²) in [5.41, 5.74) is 1.83. The lowest BCUT2D eigenvalue weighted by atomic mass is 9.80. The number of benzene rings is 1. The number of hydrogen-bond acceptors (Lipinski definition) is 6. The molecule has 1 aromatic rings. The van der Waals surface area contributed by atoms with Crippen molar-refractivity contribution in [2.24, 2.45) is 0 Å². The Balaban J connectivity index is 2.78. The molecular weight excluding hydrogens is 394 g/mol. The predicted octanol–water partition coefficient (Wildman–Crippen LogP) is 3.82. The van der Waals surface area contributed by atoms with E-state index in [0.717, 1.165) is 0 Å². The maximum atomic E-state index is 12.9. The summed E-state index contributed by atoms with van der Waals surface area (Å²) in [6, 6.07) is 6.95. The Hall–Kier alpha value is -2.86. The highest BCUT2D eigenvalue weighted by molar-refractivity contribution is 6.31. The number of dihydropyridines is 1. The molecule has 1 aliphatic rings. The summed E-state index contributed by atoms with van der Waals surface area (Å²) < 4.78 is 10.4. The van der Waals surface area contributed by atoms with Gasteiger partial charge in [0.1, 0.15) is 0 Å². The van der Waals surface area contributed by atoms with E-state index in [2.05, 4.69) is 5.32 Å². The average Bonchev–Trinajstić information content (AvgIpc) is 2.64. The molecule has 1 aromatic carbocycles. The molecule has 0 fully saturated rings. The molecule has 7 heteroatoms. The molecule has 0 amide bonds. The molecule has 0 saturated carbocycles. The number of hydrogen-bond donors (Lipinski definition) is 1. The van der Waals surface area contributed by atoms with Crippen LogP contribution in [0, 0.1) is 0 Å². The van der Waals surface area contributed by atoms with Crippen molar-refractivity contribution in [2.45, 2.75) is 39.7 Å². The van der Waals surface area contributed by atoms with Crippen LogP contribution < -0.4 is 5.32 Å². The summed E-state index contributed by atoms with van der Waals surface area (Å²) in [6.45, 7) is 6.59. The number of rotatable bonds is 6. The zero-order valence-electron chi connectivity index (χ0n) is 17.0. The second-order valence-electron chi connectivity index (χ2n) is 6.84. The van der Waals surface area contributed by atoms with E-state index in [4.69, 9.17) is 21.1 Å². The van der Waals surface area contributed by atoms with E-state index in [9.17, 15) is 14.4 Å². The highest BCUT2D eigenvalue weighted by Crippen LogP contribution is 2.42. The lowest BCUT2D eigenvalue weighted by Gasteiger charge is -2.31. The number of halogens is 1. The molecule has 0 saturated heterocycles. The quantitative estimate of drug-likeness (QED) is 0.559. The predicted molar refractivity (Wildman–Crippen MR) is 110 cm³/mol. The monoisotopic (exact) mass is 417 g/mol. The van der Waals surface area contributed by atoms with Crippen molar-refractivity contribution < 1.29 is 23.9 Å². The Morgan fingerprint density at radius 3 is 2.34 bits per heavy atom. The van der Waals surface area contributed by atoms with Crippen LogP contribution in [0.2, 0.25) is 5.02 Å². The van der Waals surface area contributed by atoms with Gasteiger partial charge in [-0.15, -0.1) is 0 Å². The molecule has 6 nitrogen and oxygen atoms in total. The summed E-state index contributed by atoms with van der Waals surface area (Å²) in [5.74, 6) is -2.22. The van der Waals surface area contributed by atoms with Gasteiger partial charge < -0.3 is 14.8 Å². The van der Waals surface area contributed by atoms with Gasteiger partial charge in [0.15, 0.2) is 5.78 Å². The summed E-state index contributed by atoms with van der Waals surface area (Å²) in [6.07, 6.45) is 2.48. The minimum atomic E-state index is -0.824. The second kappa shape index (κ2) is 9.56. The first-order chi connectivity index (χ1) is 13.7. The molecule has 29 heavy (non-hydrogen) atoms. The minimum absolute atomic E-state index is 0.166. The van der Waals surface area contributed by atoms with Gasteiger partial charge in [0.25, 0.3) is 0 Å². The number of ether oxygens (including phenoxy) is 2. The molecule has 0 aromatic heterocycles. The summed E-state index contributed by atoms with van der Waals surface area (Å²) >= 11 is 6.43. The van der Waals surface area contributed by atoms with E-state index < -0.39 is 17.9 Å². The molecule has 0 spiro atoms. The Morgan fingerprint density at radius 2 is 1.79 bits per heavy atom. The molecule has 154 valence electrons. The van der Waals surface area contributed by atoms with Crippen LogP contribution in [0.3, 0.4) is 0 Å². The fourth-order valence-electron chi connectivity index (χ4n) is 3.09. The molecule has 1 atom stereocenters. The van der Waals surface area contributed by atoms with Crippen LogP contribution in [0.4, 0.5) is 0 Å². The fourth-order valence-corrected chi connectivity index (χ4v) is 3.34. The standard InChI is InChI=1S/C22H24ClNO5/c1-12(2)29-22(27)18-14(4)24-17(11-10-13(3)25)20(21(26)28-5)19(18)15-8-6-7-9-16(15)23/h6-12,19,24H,1-5H3. The summed E-state index contributed by atoms with van der Waals surface area (Å²) in [7, 11) is 1.25. The lowest BCUT2D eigenvalue weighted by Crippen LogP contribution is -2.33. The van der Waals surface area contributed by atoms with Gasteiger partial charge in [0, 0.05) is 16.4 Å². The van der Waals surface area contributed by atoms with Crippen LogP contribution in [-0.4, -0.2) is 30.9 Å². The van der Waals surface area contributed by atoms with Gasteiger partial charge in [-0.05, 0) is 51.5 Å². The van der Waals surface area contributed by atoms with Crippen molar-refractivity contribution in [3.05, 3.63) is 69.5 Å². The SMILES string of the molecule is COC(=O)C1=C(C=CC(C)=O)NC(C)=C(C(=O)OC(C)C)C1c1ccccc1Cl. The maximum Gasteiger partial charge on any atom is 0.337 e. The van der Waals surface area contributed by atoms with E-state index in [-0.39, 0.29) is 23.0 Å². The first-order valence-electron chi connectivity index (χ1n) is 9.11. The Kier molecular flexibility index (Phi) is 7.40. The van der Waals surface area contributed by atoms with Crippen molar-refractivity contribution >= 4 is 29.3 Å². The second-order valence-corrected chi connectivity index (χ2v) is 7.24. The number of esters is 2. The molecule has 2 rings (SSSR count). The zero-order valence-corrected chi connectivity index (χ0v) is 17.8. The van der Waals surface area contributed by atoms with E-state index >= 15 is 0 Å². The summed E-state index contributed by atoms with van der Waals surface area (Å²) in [5, 5.41) is 3.42. The van der Waals surface area contributed by atoms with Crippen LogP contribution in [0.5, 0.6) is 0 Å². The Morgan fingerprint density at radius 1 is 1.14 bits per heavy atom. The molecule has 1 unspecified atom stereocenters. The van der Waals surface area contributed by atoms with E-state index in [0.29, 0.717) is 22.0 Å². The average molecular weight is 418 g/mol. The lowest BCUT2D eigenvalue weighted by molar-refractivity contribution is -0.143. The smallest absolute Gasteiger partial charge is 0.337 e. The summed E-state index contributed by atoms with van der Waals surface area (Å²) in [4.78, 5) is 37.1. The Labute approximate surface area is 175 Å². The van der Waals surface area contributed by atoms with Gasteiger partial charge in [-0.3, -0.25) is 4.79 Å². The van der Waals surface area contributed by atoms with Crippen LogP contribution in [0.1, 0.15) is 39.2 Å². The maximum absolute atomic E-state index is 12.9. The van der Waals surface area contributed by atoms with Crippen molar-refractivity contribution in [1.29, 1.82) is 0 Å². The van der Waals surface area contributed by atoms with Gasteiger partial charge in [-0.25, -0.2) is 9.59 Å². The number of ketones is 1. The molecule has 0 radical (unpaired) electrons. The molecule has 0 bridgehead atoms. The van der Waals surface area contributed by atoms with E-state index in [1.807, 2.05) is 0 Å². The highest BCUT2D eigenvalue weighted by Gasteiger charge is 2.39. The van der Waals surface area contributed by atoms with Crippen LogP contribution in [0.25, 0.3) is 0 Å². The van der Waals surface area contributed by atoms with Crippen LogP contribution >= 0.6 is 11.6 Å². The van der Waals surface area contributed by atoms with Crippen LogP contribution in [-0.2, 0) is 23.9 Å². The molecular formula is C22H24ClNO5. The third-order valence-corrected chi connectivity index (χ3v) is 4.61. The molecule has 1 N–H and O–H groups in total. The van der Waals surface area contributed by atoms with Crippen molar-refractivity contribution in [2.75, 3.05) is 7.11 Å². The normalized spacial score (nSPS) is 16.9. The van der Waals surface area contributed by atoms with Crippen molar-refractivity contribution in [1.82, 2.24) is 5.32 Å². The first-order valence-corrected chi connectivity index (χ1v) is 9.49. The first kappa shape index (κ1) is 22.4. The van der Waals surface area contributed by atoms with Gasteiger partial charge in [0.2, 0.25) is 0 Å². The Bertz CT molecular complexity index is 927. The number of methoxy groups -OCH3 is 1. The van der Waals surface area contributed by atoms with Gasteiger partial charge in [0.05, 0.1) is 30.3 Å². The largest absolute Gasteiger partial charge is 0.466 e. The molecule has 1 heterocycles. The number of carbonyl (C=O) groups is 3. The topological polar surface area (TPSA) is 81.7 Å². The van der Waals surface area contributed by atoms with E-state index in [1.165, 1.54) is 26.2 Å². The molecule has 0 aliphatic carbocycles. The zero-order chi connectivity index (χ0) is 21.7. The third kappa shape index (κ3) is 5.15. The highest BCUT2D eigenvalue weighted by atomic mass is 35.5. The minimum Gasteiger partial charge on any atom is -0.466 e. The number of allylic oxidation sites excluding steroid dienone is 3. The van der Waals surface area contributed by atoms with Crippen molar-refractivity contribution in [3.8, 4) is 0 Å². The van der Waals surface area contributed by atoms with Gasteiger partial charge >= 0.3 is 11.9 Å². The van der Waals surface area contributed by atoms with Gasteiger partial charge in [-0.2, -0.15) is 0 Å². The van der Waals surface area contributed by atoms with Crippen molar-refractivity contribution in [3.63, 3.8) is 0 Å². The third-order valence-electron chi connectivity index (χ3n) is 4.26. The van der Waals surface area contributed by atoms with E-state index in [1.54, 1.807) is 45.0 Å². The van der Waals surface area contributed by atoms with Crippen LogP contribution in [0.15, 0.2) is 59.0 Å². The molecule has 1 aliphatic heterocycles. The number of nitrogens with one attached hydrogen (secondary N) is 1. The number of carbonyl (C=O) groups excluding carboxylic acids is 3.